The molecular formula is C38H20N2O2. The van der Waals surface area contributed by atoms with Gasteiger partial charge in [-0.05, 0) is 88.5 Å². The SMILES string of the molecule is N#Cc1ccc2oc3c(-c4cc(-c5ccc6c(c5)oc5ccccc56)cc(-c5ccccc5C#N)c4)cccc3c2c1. The first kappa shape index (κ1) is 23.8. The van der Waals surface area contributed by atoms with Crippen LogP contribution in [0.3, 0.4) is 0 Å². The lowest BCUT2D eigenvalue weighted by atomic mass is 9.91. The summed E-state index contributed by atoms with van der Waals surface area (Å²) in [5.74, 6) is 0. The van der Waals surface area contributed by atoms with Crippen molar-refractivity contribution >= 4 is 43.9 Å². The van der Waals surface area contributed by atoms with Crippen LogP contribution in [-0.2, 0) is 0 Å². The van der Waals surface area contributed by atoms with Crippen LogP contribution >= 0.6 is 0 Å². The molecule has 2 aromatic heterocycles. The second-order valence-electron chi connectivity index (χ2n) is 10.4. The number of para-hydroxylation sites is 2. The molecule has 4 nitrogen and oxygen atoms in total. The molecular weight excluding hydrogens is 516 g/mol. The minimum Gasteiger partial charge on any atom is -0.456 e. The topological polar surface area (TPSA) is 73.9 Å². The summed E-state index contributed by atoms with van der Waals surface area (Å²) in [6, 6.07) is 44.6. The lowest BCUT2D eigenvalue weighted by molar-refractivity contribution is 0.669. The van der Waals surface area contributed by atoms with Gasteiger partial charge in [-0.3, -0.25) is 0 Å². The van der Waals surface area contributed by atoms with E-state index in [1.165, 1.54) is 0 Å². The van der Waals surface area contributed by atoms with Gasteiger partial charge in [0.1, 0.15) is 22.3 Å². The van der Waals surface area contributed by atoms with Crippen molar-refractivity contribution in [1.29, 1.82) is 10.5 Å². The van der Waals surface area contributed by atoms with Gasteiger partial charge in [0.2, 0.25) is 0 Å². The smallest absolute Gasteiger partial charge is 0.143 e. The van der Waals surface area contributed by atoms with Crippen LogP contribution in [-0.4, -0.2) is 0 Å². The zero-order valence-electron chi connectivity index (χ0n) is 22.3. The van der Waals surface area contributed by atoms with Crippen molar-refractivity contribution in [2.24, 2.45) is 0 Å². The predicted molar refractivity (Wildman–Crippen MR) is 167 cm³/mol. The highest BCUT2D eigenvalue weighted by Gasteiger charge is 2.16. The minimum atomic E-state index is 0.592. The second kappa shape index (κ2) is 9.24. The summed E-state index contributed by atoms with van der Waals surface area (Å²) in [4.78, 5) is 0. The highest BCUT2D eigenvalue weighted by atomic mass is 16.3. The van der Waals surface area contributed by atoms with E-state index in [4.69, 9.17) is 8.83 Å². The lowest BCUT2D eigenvalue weighted by Crippen LogP contribution is -1.89. The number of rotatable bonds is 3. The Morgan fingerprint density at radius 3 is 2.02 bits per heavy atom. The van der Waals surface area contributed by atoms with Crippen molar-refractivity contribution in [3.63, 3.8) is 0 Å². The van der Waals surface area contributed by atoms with E-state index in [0.29, 0.717) is 11.1 Å². The summed E-state index contributed by atoms with van der Waals surface area (Å²) >= 11 is 0. The molecule has 0 bridgehead atoms. The Morgan fingerprint density at radius 1 is 0.429 bits per heavy atom. The molecule has 6 aromatic carbocycles. The van der Waals surface area contributed by atoms with Gasteiger partial charge in [-0.2, -0.15) is 10.5 Å². The van der Waals surface area contributed by atoms with Gasteiger partial charge < -0.3 is 8.83 Å². The van der Waals surface area contributed by atoms with Gasteiger partial charge in [0.25, 0.3) is 0 Å². The quantitative estimate of drug-likeness (QED) is 0.225. The number of hydrogen-bond donors (Lipinski definition) is 0. The van der Waals surface area contributed by atoms with Crippen LogP contribution in [0.5, 0.6) is 0 Å². The van der Waals surface area contributed by atoms with Gasteiger partial charge in [0.15, 0.2) is 0 Å². The number of nitrogens with zero attached hydrogens (tertiary/aromatic N) is 2. The average molecular weight is 537 g/mol. The molecule has 0 aliphatic rings. The van der Waals surface area contributed by atoms with E-state index in [2.05, 4.69) is 60.7 Å². The number of benzene rings is 6. The third-order valence-electron chi connectivity index (χ3n) is 7.94. The number of nitriles is 2. The second-order valence-corrected chi connectivity index (χ2v) is 10.4. The number of furan rings is 2. The van der Waals surface area contributed by atoms with Crippen LogP contribution in [0.4, 0.5) is 0 Å². The maximum absolute atomic E-state index is 9.90. The van der Waals surface area contributed by atoms with Gasteiger partial charge in [-0.15, -0.1) is 0 Å². The summed E-state index contributed by atoms with van der Waals surface area (Å²) in [6.45, 7) is 0. The molecule has 8 rings (SSSR count). The van der Waals surface area contributed by atoms with Gasteiger partial charge in [-0.25, -0.2) is 0 Å². The fourth-order valence-corrected chi connectivity index (χ4v) is 5.94. The normalized spacial score (nSPS) is 11.3. The molecule has 0 saturated heterocycles. The Bertz CT molecular complexity index is 2450. The largest absolute Gasteiger partial charge is 0.456 e. The Hall–Kier alpha value is -6.10. The Labute approximate surface area is 240 Å². The lowest BCUT2D eigenvalue weighted by Gasteiger charge is -2.12. The maximum atomic E-state index is 9.90. The third kappa shape index (κ3) is 3.68. The molecule has 8 aromatic rings. The van der Waals surface area contributed by atoms with Crippen LogP contribution in [0.25, 0.3) is 77.3 Å². The molecule has 0 amide bonds. The van der Waals surface area contributed by atoms with Crippen molar-refractivity contribution in [3.05, 3.63) is 132 Å². The number of fused-ring (bicyclic) bond motifs is 6. The molecule has 0 fully saturated rings. The van der Waals surface area contributed by atoms with E-state index in [-0.39, 0.29) is 0 Å². The summed E-state index contributed by atoms with van der Waals surface area (Å²) in [7, 11) is 0. The average Bonchev–Trinajstić information content (AvgIpc) is 3.62. The van der Waals surface area contributed by atoms with E-state index >= 15 is 0 Å². The highest BCUT2D eigenvalue weighted by molar-refractivity contribution is 6.10. The maximum Gasteiger partial charge on any atom is 0.143 e. The molecule has 0 N–H and O–H groups in total. The first-order valence-electron chi connectivity index (χ1n) is 13.6. The molecule has 4 heteroatoms. The fourth-order valence-electron chi connectivity index (χ4n) is 5.94. The number of hydrogen-bond acceptors (Lipinski definition) is 4. The summed E-state index contributed by atoms with van der Waals surface area (Å²) in [5.41, 5.74) is 10.1. The highest BCUT2D eigenvalue weighted by Crippen LogP contribution is 2.40. The van der Waals surface area contributed by atoms with E-state index in [1.54, 1.807) is 6.07 Å². The van der Waals surface area contributed by atoms with Crippen molar-refractivity contribution in [3.8, 4) is 45.5 Å². The molecule has 2 heterocycles. The van der Waals surface area contributed by atoms with Crippen LogP contribution in [0.15, 0.2) is 130 Å². The van der Waals surface area contributed by atoms with Gasteiger partial charge >= 0.3 is 0 Å². The first-order valence-corrected chi connectivity index (χ1v) is 13.6. The first-order chi connectivity index (χ1) is 20.7. The molecule has 194 valence electrons. The van der Waals surface area contributed by atoms with Gasteiger partial charge in [0.05, 0.1) is 23.3 Å². The monoisotopic (exact) mass is 536 g/mol. The predicted octanol–water partition coefficient (Wildman–Crippen LogP) is 10.2. The molecule has 0 atom stereocenters. The fraction of sp³-hybridized carbons (Fsp3) is 0. The van der Waals surface area contributed by atoms with Crippen LogP contribution in [0.2, 0.25) is 0 Å². The van der Waals surface area contributed by atoms with E-state index in [1.807, 2.05) is 66.7 Å². The molecule has 0 radical (unpaired) electrons. The molecule has 0 saturated carbocycles. The summed E-state index contributed by atoms with van der Waals surface area (Å²) in [6.07, 6.45) is 0. The summed E-state index contributed by atoms with van der Waals surface area (Å²) in [5, 5.41) is 23.4. The molecule has 0 spiro atoms. The zero-order chi connectivity index (χ0) is 28.2. The molecule has 0 aliphatic heterocycles. The van der Waals surface area contributed by atoms with Gasteiger partial charge in [-0.1, -0.05) is 60.7 Å². The zero-order valence-corrected chi connectivity index (χ0v) is 22.3. The molecule has 0 unspecified atom stereocenters. The van der Waals surface area contributed by atoms with E-state index < -0.39 is 0 Å². The minimum absolute atomic E-state index is 0.592. The van der Waals surface area contributed by atoms with Crippen LogP contribution in [0.1, 0.15) is 11.1 Å². The van der Waals surface area contributed by atoms with Crippen molar-refractivity contribution < 1.29 is 8.83 Å². The molecule has 0 aliphatic carbocycles. The van der Waals surface area contributed by atoms with Crippen molar-refractivity contribution in [2.45, 2.75) is 0 Å². The van der Waals surface area contributed by atoms with Crippen LogP contribution in [0, 0.1) is 22.7 Å². The third-order valence-corrected chi connectivity index (χ3v) is 7.94. The Morgan fingerprint density at radius 2 is 1.14 bits per heavy atom. The van der Waals surface area contributed by atoms with E-state index in [9.17, 15) is 10.5 Å². The Kier molecular flexibility index (Phi) is 5.22. The summed E-state index contributed by atoms with van der Waals surface area (Å²) < 4.78 is 12.6. The Balaban J connectivity index is 1.39. The van der Waals surface area contributed by atoms with Crippen molar-refractivity contribution in [1.82, 2.24) is 0 Å². The van der Waals surface area contributed by atoms with Gasteiger partial charge in [0, 0.05) is 27.1 Å². The standard InChI is InChI=1S/C38H20N2O2/c39-21-23-12-15-36-34(16-23)33-10-5-9-30(38(33)42-36)28-18-26(17-27(19-28)29-7-2-1-6-25(29)22-40)24-13-14-32-31-8-3-4-11-35(31)41-37(32)20-24/h1-20H. The van der Waals surface area contributed by atoms with Crippen molar-refractivity contribution in [2.75, 3.05) is 0 Å². The molecule has 42 heavy (non-hydrogen) atoms. The van der Waals surface area contributed by atoms with Crippen LogP contribution < -0.4 is 0 Å². The van der Waals surface area contributed by atoms with E-state index in [0.717, 1.165) is 77.3 Å².